The maximum atomic E-state index is 8.49. The van der Waals surface area contributed by atoms with Crippen molar-refractivity contribution in [2.24, 2.45) is 0 Å². The molecular weight excluding hydrogens is 348 g/mol. The van der Waals surface area contributed by atoms with Crippen LogP contribution in [0.2, 0.25) is 0 Å². The summed E-state index contributed by atoms with van der Waals surface area (Å²) in [5.74, 6) is 0. The minimum absolute atomic E-state index is 0. The van der Waals surface area contributed by atoms with E-state index in [-0.39, 0.29) is 44.1 Å². The van der Waals surface area contributed by atoms with Crippen molar-refractivity contribution in [2.75, 3.05) is 0 Å². The molecule has 0 spiro atoms. The van der Waals surface area contributed by atoms with Crippen LogP contribution in [0.1, 0.15) is 0 Å². The van der Waals surface area contributed by atoms with Gasteiger partial charge in [0.1, 0.15) is 0 Å². The molecule has 0 radical (unpaired) electrons. The molecule has 0 aliphatic heterocycles. The van der Waals surface area contributed by atoms with Gasteiger partial charge in [0.2, 0.25) is 0 Å². The van der Waals surface area contributed by atoms with Gasteiger partial charge in [0, 0.05) is 0 Å². The minimum atomic E-state index is -4.94. The van der Waals surface area contributed by atoms with E-state index in [0.717, 1.165) is 0 Å². The van der Waals surface area contributed by atoms with Gasteiger partial charge >= 0.3 is 27.7 Å². The Morgan fingerprint density at radius 1 is 0.667 bits per heavy atom. The molecule has 0 heterocycles. The molecule has 0 aliphatic rings. The molecule has 0 bridgehead atoms. The van der Waals surface area contributed by atoms with E-state index < -0.39 is 10.2 Å². The molecule has 0 rings (SSSR count). The largest absolute Gasteiger partial charge is 2.00 e. The van der Waals surface area contributed by atoms with Gasteiger partial charge in [-0.15, -0.1) is 10.2 Å². The van der Waals surface area contributed by atoms with Gasteiger partial charge in [-0.2, -0.15) is 0 Å². The smallest absolute Gasteiger partial charge is 0.412 e. The quantitative estimate of drug-likeness (QED) is 0.391. The maximum absolute atomic E-state index is 8.49. The summed E-state index contributed by atoms with van der Waals surface area (Å²) in [6.45, 7) is 0. The second-order valence-electron chi connectivity index (χ2n) is 0.378. The molecule has 0 atom stereocenters. The molecule has 0 aromatic carbocycles. The predicted octanol–water partition coefficient (Wildman–Crippen LogP) is -7.23. The Labute approximate surface area is 73.1 Å². The Morgan fingerprint density at radius 3 is 0.667 bits per heavy atom. The molecular formula is H6ClHgO7+. The zero-order valence-electron chi connectivity index (χ0n) is 4.22. The molecule has 0 fully saturated rings. The number of rotatable bonds is 0. The summed E-state index contributed by atoms with van der Waals surface area (Å²) >= 11 is 0. The van der Waals surface area contributed by atoms with Crippen LogP contribution in [0.5, 0.6) is 0 Å². The number of halogens is 1. The molecule has 7 nitrogen and oxygen atoms in total. The first-order chi connectivity index (χ1) is 2.00. The topological polar surface area (TPSA) is 187 Å². The van der Waals surface area contributed by atoms with E-state index in [2.05, 4.69) is 0 Å². The van der Waals surface area contributed by atoms with Gasteiger partial charge < -0.3 is 16.4 Å². The number of hydrogen-bond donors (Lipinski definition) is 0. The van der Waals surface area contributed by atoms with Gasteiger partial charge in [-0.25, -0.2) is 18.6 Å². The first-order valence-electron chi connectivity index (χ1n) is 0.617. The van der Waals surface area contributed by atoms with E-state index in [4.69, 9.17) is 18.6 Å². The average molecular weight is 354 g/mol. The van der Waals surface area contributed by atoms with Crippen LogP contribution in [0, 0.1) is 10.2 Å². The molecule has 9 heavy (non-hydrogen) atoms. The Morgan fingerprint density at radius 2 is 0.667 bits per heavy atom. The molecule has 0 saturated carbocycles. The third-order valence-electron chi connectivity index (χ3n) is 0. The average Bonchev–Trinajstić information content (AvgIpc) is 0.722. The zero-order chi connectivity index (χ0) is 4.50. The van der Waals surface area contributed by atoms with Crippen LogP contribution in [0.4, 0.5) is 0 Å². The van der Waals surface area contributed by atoms with Gasteiger partial charge in [0.25, 0.3) is 0 Å². The summed E-state index contributed by atoms with van der Waals surface area (Å²) in [4.78, 5) is 0. The Kier molecular flexibility index (Phi) is 42.3. The number of hydrogen-bond acceptors (Lipinski definition) is 4. The third kappa shape index (κ3) is 483. The summed E-state index contributed by atoms with van der Waals surface area (Å²) < 4.78 is 34.0. The van der Waals surface area contributed by atoms with E-state index in [1.165, 1.54) is 0 Å². The summed E-state index contributed by atoms with van der Waals surface area (Å²) in [6, 6.07) is 0. The fourth-order valence-electron chi connectivity index (χ4n) is 0. The summed E-state index contributed by atoms with van der Waals surface area (Å²) in [6.07, 6.45) is 0. The standard InChI is InChI=1S/ClHO4.Hg.3H2O/c2-1(3,4)5;;;;/h(H,2,3,4,5);;3*1H2/q;+2;;;/p-1. The van der Waals surface area contributed by atoms with Gasteiger partial charge in [-0.05, 0) is 0 Å². The van der Waals surface area contributed by atoms with E-state index >= 15 is 0 Å². The van der Waals surface area contributed by atoms with Gasteiger partial charge in [0.05, 0.1) is 0 Å². The van der Waals surface area contributed by atoms with Crippen molar-refractivity contribution in [3.8, 4) is 0 Å². The van der Waals surface area contributed by atoms with E-state index in [0.29, 0.717) is 0 Å². The Balaban J connectivity index is -0.0000000133. The molecule has 0 aliphatic carbocycles. The molecule has 0 aromatic heterocycles. The monoisotopic (exact) mass is 355 g/mol. The van der Waals surface area contributed by atoms with Crippen LogP contribution >= 0.6 is 0 Å². The second kappa shape index (κ2) is 11.7. The van der Waals surface area contributed by atoms with E-state index in [1.54, 1.807) is 0 Å². The predicted molar refractivity (Wildman–Crippen MR) is 10.8 cm³/mol. The molecule has 56 valence electrons. The molecule has 0 aromatic rings. The summed E-state index contributed by atoms with van der Waals surface area (Å²) in [5, 5.41) is 0. The van der Waals surface area contributed by atoms with Crippen molar-refractivity contribution < 1.29 is 73.0 Å². The summed E-state index contributed by atoms with van der Waals surface area (Å²) in [7, 11) is -4.94. The van der Waals surface area contributed by atoms with Crippen LogP contribution in [-0.2, 0) is 27.7 Å². The SMILES string of the molecule is O.O.O.[Hg+2].[O-][Cl+3]([O-])([O-])[O-]. The van der Waals surface area contributed by atoms with Crippen LogP contribution in [-0.4, -0.2) is 16.4 Å². The van der Waals surface area contributed by atoms with Crippen molar-refractivity contribution >= 4 is 0 Å². The van der Waals surface area contributed by atoms with Crippen LogP contribution < -0.4 is 18.6 Å². The normalized spacial score (nSPS) is 6.67. The molecule has 0 unspecified atom stereocenters. The zero-order valence-corrected chi connectivity index (χ0v) is 10.5. The van der Waals surface area contributed by atoms with Crippen molar-refractivity contribution in [2.45, 2.75) is 0 Å². The fourth-order valence-corrected chi connectivity index (χ4v) is 0. The maximum Gasteiger partial charge on any atom is 2.00 e. The first-order valence-corrected chi connectivity index (χ1v) is 1.85. The van der Waals surface area contributed by atoms with Crippen molar-refractivity contribution in [3.05, 3.63) is 0 Å². The van der Waals surface area contributed by atoms with Gasteiger partial charge in [-0.1, -0.05) is 0 Å². The van der Waals surface area contributed by atoms with Crippen molar-refractivity contribution in [1.82, 2.24) is 0 Å². The molecule has 0 amide bonds. The van der Waals surface area contributed by atoms with Crippen LogP contribution in [0.3, 0.4) is 0 Å². The fraction of sp³-hybridized carbons (Fsp3) is 0. The van der Waals surface area contributed by atoms with E-state index in [1.807, 2.05) is 0 Å². The molecule has 9 heteroatoms. The van der Waals surface area contributed by atoms with Gasteiger partial charge in [-0.3, -0.25) is 0 Å². The van der Waals surface area contributed by atoms with Crippen LogP contribution in [0.25, 0.3) is 0 Å². The van der Waals surface area contributed by atoms with Crippen molar-refractivity contribution in [3.63, 3.8) is 0 Å². The molecule has 0 saturated heterocycles. The third-order valence-corrected chi connectivity index (χ3v) is 0. The van der Waals surface area contributed by atoms with E-state index in [9.17, 15) is 0 Å². The summed E-state index contributed by atoms with van der Waals surface area (Å²) in [5.41, 5.74) is 0. The minimum Gasteiger partial charge on any atom is -0.412 e. The Bertz CT molecular complexity index is 24.4. The van der Waals surface area contributed by atoms with Crippen molar-refractivity contribution in [1.29, 1.82) is 0 Å². The Hall–Kier alpha value is 0.945. The van der Waals surface area contributed by atoms with Crippen LogP contribution in [0.15, 0.2) is 0 Å². The first kappa shape index (κ1) is 32.5. The molecule has 6 N–H and O–H groups in total. The second-order valence-corrected chi connectivity index (χ2v) is 1.13. The van der Waals surface area contributed by atoms with Gasteiger partial charge in [0.15, 0.2) is 0 Å².